The highest BCUT2D eigenvalue weighted by atomic mass is 35.5. The molecule has 4 aromatic rings. The maximum Gasteiger partial charge on any atom is 0.183 e. The van der Waals surface area contributed by atoms with Gasteiger partial charge in [0.15, 0.2) is 10.3 Å². The van der Waals surface area contributed by atoms with Crippen LogP contribution in [0.25, 0.3) is 10.2 Å². The molecule has 3 aromatic carbocycles. The lowest BCUT2D eigenvalue weighted by atomic mass is 10.1. The molecule has 0 bridgehead atoms. The number of hydrogen-bond donors (Lipinski definition) is 2. The van der Waals surface area contributed by atoms with Crippen molar-refractivity contribution >= 4 is 72.5 Å². The molecule has 0 unspecified atom stereocenters. The maximum absolute atomic E-state index is 6.09. The molecule has 2 heterocycles. The molecule has 1 atom stereocenters. The van der Waals surface area contributed by atoms with E-state index in [4.69, 9.17) is 28.2 Å². The van der Waals surface area contributed by atoms with Gasteiger partial charge in [-0.1, -0.05) is 88.8 Å². The minimum Gasteiger partial charge on any atom is -0.361 e. The van der Waals surface area contributed by atoms with Crippen LogP contribution in [0, 0.1) is 0 Å². The van der Waals surface area contributed by atoms with Crippen LogP contribution in [-0.4, -0.2) is 22.4 Å². The highest BCUT2D eigenvalue weighted by Crippen LogP contribution is 2.33. The number of anilines is 1. The number of aromatic nitrogens is 1. The van der Waals surface area contributed by atoms with E-state index in [0.717, 1.165) is 44.9 Å². The summed E-state index contributed by atoms with van der Waals surface area (Å²) in [7, 11) is 0. The Morgan fingerprint density at radius 1 is 1.03 bits per heavy atom. The highest BCUT2D eigenvalue weighted by molar-refractivity contribution is 8.14. The van der Waals surface area contributed by atoms with Crippen LogP contribution >= 0.6 is 46.3 Å². The molecule has 162 valence electrons. The van der Waals surface area contributed by atoms with Gasteiger partial charge in [0.2, 0.25) is 0 Å². The van der Waals surface area contributed by atoms with E-state index in [1.807, 2.05) is 12.1 Å². The fourth-order valence-electron chi connectivity index (χ4n) is 3.49. The number of hydrogen-bond acceptors (Lipinski definition) is 5. The summed E-state index contributed by atoms with van der Waals surface area (Å²) in [6.45, 7) is 0.797. The van der Waals surface area contributed by atoms with Crippen LogP contribution in [0.3, 0.4) is 0 Å². The smallest absolute Gasteiger partial charge is 0.183 e. The highest BCUT2D eigenvalue weighted by Gasteiger charge is 2.21. The van der Waals surface area contributed by atoms with Gasteiger partial charge in [0.05, 0.1) is 32.0 Å². The number of thioether (sulfide) groups is 1. The SMILES string of the molecule is Clc1cc2nc(NCCc3ccc(/N=C4/N[C@@H](c5ccccc5)CS4)cc3)sc2cc1Cl. The molecule has 32 heavy (non-hydrogen) atoms. The molecule has 0 spiro atoms. The summed E-state index contributed by atoms with van der Waals surface area (Å²) in [5.41, 5.74) is 4.38. The van der Waals surface area contributed by atoms with Crippen molar-refractivity contribution in [2.45, 2.75) is 12.5 Å². The van der Waals surface area contributed by atoms with Crippen molar-refractivity contribution in [3.05, 3.63) is 87.9 Å². The van der Waals surface area contributed by atoms with Gasteiger partial charge in [-0.2, -0.15) is 0 Å². The molecule has 1 aliphatic heterocycles. The second-order valence-electron chi connectivity index (χ2n) is 7.43. The van der Waals surface area contributed by atoms with Crippen LogP contribution in [0.15, 0.2) is 71.7 Å². The van der Waals surface area contributed by atoms with E-state index in [1.54, 1.807) is 29.2 Å². The molecular weight excluding hydrogens is 479 g/mol. The predicted octanol–water partition coefficient (Wildman–Crippen LogP) is 7.32. The Hall–Kier alpha value is -2.25. The summed E-state index contributed by atoms with van der Waals surface area (Å²) in [5.74, 6) is 0.997. The van der Waals surface area contributed by atoms with Gasteiger partial charge in [-0.15, -0.1) is 0 Å². The van der Waals surface area contributed by atoms with Gasteiger partial charge in [0.25, 0.3) is 0 Å². The minimum atomic E-state index is 0.319. The van der Waals surface area contributed by atoms with Crippen LogP contribution in [0.4, 0.5) is 10.8 Å². The fraction of sp³-hybridized carbons (Fsp3) is 0.167. The van der Waals surface area contributed by atoms with Crippen LogP contribution in [0.2, 0.25) is 10.0 Å². The number of aliphatic imine (C=N–C) groups is 1. The lowest BCUT2D eigenvalue weighted by Gasteiger charge is -2.09. The van der Waals surface area contributed by atoms with E-state index in [0.29, 0.717) is 16.1 Å². The summed E-state index contributed by atoms with van der Waals surface area (Å²) in [6, 6.07) is 22.9. The van der Waals surface area contributed by atoms with Crippen LogP contribution < -0.4 is 10.6 Å². The normalized spacial score (nSPS) is 17.1. The predicted molar refractivity (Wildman–Crippen MR) is 140 cm³/mol. The van der Waals surface area contributed by atoms with E-state index >= 15 is 0 Å². The molecule has 0 radical (unpaired) electrons. The summed E-state index contributed by atoms with van der Waals surface area (Å²) < 4.78 is 1.03. The molecule has 1 aromatic heterocycles. The summed E-state index contributed by atoms with van der Waals surface area (Å²) in [5, 5.41) is 9.85. The Morgan fingerprint density at radius 2 is 1.81 bits per heavy atom. The molecule has 1 aliphatic rings. The third-order valence-electron chi connectivity index (χ3n) is 5.17. The van der Waals surface area contributed by atoms with Gasteiger partial charge in [0, 0.05) is 12.3 Å². The molecule has 1 fully saturated rings. The van der Waals surface area contributed by atoms with Gasteiger partial charge in [-0.3, -0.25) is 0 Å². The lowest BCUT2D eigenvalue weighted by Crippen LogP contribution is -2.18. The third kappa shape index (κ3) is 5.04. The van der Waals surface area contributed by atoms with Gasteiger partial charge in [-0.25, -0.2) is 9.98 Å². The van der Waals surface area contributed by atoms with E-state index in [1.165, 1.54) is 11.1 Å². The van der Waals surface area contributed by atoms with Crippen molar-refractivity contribution in [2.75, 3.05) is 17.6 Å². The standard InChI is InChI=1S/C24H20Cl2N4S2/c25-18-12-20-22(13-19(18)26)32-23(29-20)27-11-10-15-6-8-17(9-7-15)28-24-30-21(14-31-24)16-4-2-1-3-5-16/h1-9,12-13,21H,10-11,14H2,(H,27,29)(H,28,30)/t21-/m1/s1. The van der Waals surface area contributed by atoms with E-state index < -0.39 is 0 Å². The lowest BCUT2D eigenvalue weighted by molar-refractivity contribution is 0.752. The first-order chi connectivity index (χ1) is 15.6. The molecule has 8 heteroatoms. The quantitative estimate of drug-likeness (QED) is 0.292. The molecule has 1 saturated heterocycles. The first-order valence-electron chi connectivity index (χ1n) is 10.3. The topological polar surface area (TPSA) is 49.3 Å². The largest absolute Gasteiger partial charge is 0.361 e. The van der Waals surface area contributed by atoms with Crippen molar-refractivity contribution in [2.24, 2.45) is 4.99 Å². The zero-order valence-electron chi connectivity index (χ0n) is 17.0. The Balaban J connectivity index is 1.15. The van der Waals surface area contributed by atoms with E-state index in [2.05, 4.69) is 64.1 Å². The van der Waals surface area contributed by atoms with Crippen LogP contribution in [0.1, 0.15) is 17.2 Å². The number of thiazole rings is 1. The molecular formula is C24H20Cl2N4S2. The number of fused-ring (bicyclic) bond motifs is 1. The molecule has 0 aliphatic carbocycles. The van der Waals surface area contributed by atoms with Crippen molar-refractivity contribution in [3.8, 4) is 0 Å². The molecule has 5 rings (SSSR count). The molecule has 4 nitrogen and oxygen atoms in total. The second kappa shape index (κ2) is 9.71. The van der Waals surface area contributed by atoms with Crippen molar-refractivity contribution in [1.29, 1.82) is 0 Å². The van der Waals surface area contributed by atoms with Crippen molar-refractivity contribution in [3.63, 3.8) is 0 Å². The number of rotatable bonds is 6. The Morgan fingerprint density at radius 3 is 2.62 bits per heavy atom. The zero-order chi connectivity index (χ0) is 21.9. The van der Waals surface area contributed by atoms with Crippen LogP contribution in [0.5, 0.6) is 0 Å². The molecule has 0 saturated carbocycles. The van der Waals surface area contributed by atoms with Gasteiger partial charge in [0.1, 0.15) is 0 Å². The minimum absolute atomic E-state index is 0.319. The van der Waals surface area contributed by atoms with E-state index in [-0.39, 0.29) is 0 Å². The van der Waals surface area contributed by atoms with Crippen molar-refractivity contribution in [1.82, 2.24) is 10.3 Å². The van der Waals surface area contributed by atoms with Crippen molar-refractivity contribution < 1.29 is 0 Å². The summed E-state index contributed by atoms with van der Waals surface area (Å²) in [6.07, 6.45) is 0.900. The Kier molecular flexibility index (Phi) is 6.55. The Labute approximate surface area is 205 Å². The van der Waals surface area contributed by atoms with Gasteiger partial charge >= 0.3 is 0 Å². The molecule has 2 N–H and O–H groups in total. The number of amidine groups is 1. The summed E-state index contributed by atoms with van der Waals surface area (Å²) in [4.78, 5) is 9.35. The fourth-order valence-corrected chi connectivity index (χ4v) is 5.79. The Bertz CT molecular complexity index is 1220. The zero-order valence-corrected chi connectivity index (χ0v) is 20.2. The number of nitrogens with one attached hydrogen (secondary N) is 2. The van der Waals surface area contributed by atoms with E-state index in [9.17, 15) is 0 Å². The number of benzene rings is 3. The molecule has 0 amide bonds. The van der Waals surface area contributed by atoms with Gasteiger partial charge < -0.3 is 10.6 Å². The van der Waals surface area contributed by atoms with Crippen LogP contribution in [-0.2, 0) is 6.42 Å². The van der Waals surface area contributed by atoms with Gasteiger partial charge in [-0.05, 0) is 41.8 Å². The maximum atomic E-state index is 6.09. The average Bonchev–Trinajstić information content (AvgIpc) is 3.43. The first-order valence-corrected chi connectivity index (χ1v) is 12.8. The average molecular weight is 499 g/mol. The monoisotopic (exact) mass is 498 g/mol. The number of halogens is 2. The second-order valence-corrected chi connectivity index (χ2v) is 10.3. The third-order valence-corrected chi connectivity index (χ3v) is 7.85. The number of nitrogens with zero attached hydrogens (tertiary/aromatic N) is 2. The summed E-state index contributed by atoms with van der Waals surface area (Å²) >= 11 is 15.5. The first kappa shape index (κ1) is 21.6.